The number of rotatable bonds is 5. The summed E-state index contributed by atoms with van der Waals surface area (Å²) in [5.41, 5.74) is 1.26. The number of carbonyl (C=O) groups is 2. The van der Waals surface area contributed by atoms with Crippen LogP contribution in [0.25, 0.3) is 0 Å². The van der Waals surface area contributed by atoms with E-state index in [-0.39, 0.29) is 11.5 Å². The van der Waals surface area contributed by atoms with Gasteiger partial charge in [-0.05, 0) is 13.0 Å². The Morgan fingerprint density at radius 2 is 2.09 bits per heavy atom. The van der Waals surface area contributed by atoms with Crippen molar-refractivity contribution in [2.45, 2.75) is 13.0 Å². The number of para-hydroxylation sites is 1. The lowest BCUT2D eigenvalue weighted by atomic mass is 9.95. The highest BCUT2D eigenvalue weighted by Gasteiger charge is 2.34. The fourth-order valence-corrected chi connectivity index (χ4v) is 2.52. The van der Waals surface area contributed by atoms with Gasteiger partial charge in [0.25, 0.3) is 0 Å². The number of alkyl halides is 1. The highest BCUT2D eigenvalue weighted by molar-refractivity contribution is 6.20. The molecule has 0 saturated heterocycles. The molecule has 7 heteroatoms. The number of nitrogens with one attached hydrogen (secondary N) is 2. The van der Waals surface area contributed by atoms with Crippen molar-refractivity contribution >= 4 is 23.6 Å². The first-order valence-corrected chi connectivity index (χ1v) is 7.32. The summed E-state index contributed by atoms with van der Waals surface area (Å²) < 4.78 is 10.4. The zero-order valence-electron chi connectivity index (χ0n) is 12.3. The standard InChI is InChI=1S/C15H17ClN2O4/c1-3-22-11-7-5-4-6-9(11)13-12(14(19)21-2)10(8-16)17-15(20)18-13/h4-7,13H,3,8H2,1-2H3,(H2,17,18,20). The Labute approximate surface area is 133 Å². The molecular formula is C15H17ClN2O4. The number of amides is 2. The number of urea groups is 1. The maximum atomic E-state index is 12.1. The number of halogens is 1. The third kappa shape index (κ3) is 3.17. The second-order valence-electron chi connectivity index (χ2n) is 4.52. The number of carbonyl (C=O) groups excluding carboxylic acids is 2. The Bertz CT molecular complexity index is 615. The van der Waals surface area contributed by atoms with Crippen molar-refractivity contribution in [3.8, 4) is 5.75 Å². The monoisotopic (exact) mass is 324 g/mol. The van der Waals surface area contributed by atoms with E-state index in [1.54, 1.807) is 18.2 Å². The summed E-state index contributed by atoms with van der Waals surface area (Å²) in [5, 5.41) is 5.25. The van der Waals surface area contributed by atoms with Crippen LogP contribution in [0, 0.1) is 0 Å². The number of hydrogen-bond acceptors (Lipinski definition) is 4. The summed E-state index contributed by atoms with van der Waals surface area (Å²) in [5.74, 6) is 0.0255. The summed E-state index contributed by atoms with van der Waals surface area (Å²) in [6.07, 6.45) is 0. The van der Waals surface area contributed by atoms with Crippen molar-refractivity contribution in [2.75, 3.05) is 19.6 Å². The maximum absolute atomic E-state index is 12.1. The van der Waals surface area contributed by atoms with Crippen LogP contribution in [-0.4, -0.2) is 31.6 Å². The van der Waals surface area contributed by atoms with Gasteiger partial charge in [0.1, 0.15) is 5.75 Å². The smallest absolute Gasteiger partial charge is 0.338 e. The van der Waals surface area contributed by atoms with Crippen LogP contribution >= 0.6 is 11.6 Å². The summed E-state index contributed by atoms with van der Waals surface area (Å²) in [6, 6.07) is 6.08. The number of hydrogen-bond donors (Lipinski definition) is 2. The minimum Gasteiger partial charge on any atom is -0.494 e. The molecule has 1 aliphatic rings. The van der Waals surface area contributed by atoms with E-state index in [2.05, 4.69) is 10.6 Å². The first-order valence-electron chi connectivity index (χ1n) is 6.78. The molecule has 0 bridgehead atoms. The van der Waals surface area contributed by atoms with Crippen molar-refractivity contribution in [1.29, 1.82) is 0 Å². The predicted molar refractivity (Wildman–Crippen MR) is 81.8 cm³/mol. The molecule has 1 unspecified atom stereocenters. The Morgan fingerprint density at radius 1 is 1.36 bits per heavy atom. The van der Waals surface area contributed by atoms with Gasteiger partial charge in [0, 0.05) is 11.3 Å². The fourth-order valence-electron chi connectivity index (χ4n) is 2.31. The van der Waals surface area contributed by atoms with E-state index in [1.165, 1.54) is 7.11 Å². The van der Waals surface area contributed by atoms with Crippen LogP contribution in [0.4, 0.5) is 4.79 Å². The highest BCUT2D eigenvalue weighted by atomic mass is 35.5. The molecule has 0 radical (unpaired) electrons. The lowest BCUT2D eigenvalue weighted by molar-refractivity contribution is -0.136. The van der Waals surface area contributed by atoms with E-state index in [4.69, 9.17) is 21.1 Å². The van der Waals surface area contributed by atoms with E-state index < -0.39 is 18.0 Å². The molecule has 22 heavy (non-hydrogen) atoms. The van der Waals surface area contributed by atoms with Gasteiger partial charge in [0.05, 0.1) is 31.2 Å². The summed E-state index contributed by atoms with van der Waals surface area (Å²) in [6.45, 7) is 2.33. The van der Waals surface area contributed by atoms with Gasteiger partial charge in [-0.25, -0.2) is 9.59 Å². The molecule has 6 nitrogen and oxygen atoms in total. The van der Waals surface area contributed by atoms with E-state index in [9.17, 15) is 9.59 Å². The number of allylic oxidation sites excluding steroid dienone is 1. The van der Waals surface area contributed by atoms with Crippen LogP contribution in [0.15, 0.2) is 35.5 Å². The van der Waals surface area contributed by atoms with Crippen molar-refractivity contribution in [1.82, 2.24) is 10.6 Å². The second-order valence-corrected chi connectivity index (χ2v) is 4.79. The molecule has 2 rings (SSSR count). The van der Waals surface area contributed by atoms with Crippen molar-refractivity contribution in [3.63, 3.8) is 0 Å². The number of benzene rings is 1. The van der Waals surface area contributed by atoms with Crippen molar-refractivity contribution in [2.24, 2.45) is 0 Å². The number of methoxy groups -OCH3 is 1. The molecule has 0 saturated carbocycles. The third-order valence-electron chi connectivity index (χ3n) is 3.22. The summed E-state index contributed by atoms with van der Waals surface area (Å²) >= 11 is 5.86. The first-order chi connectivity index (χ1) is 10.6. The van der Waals surface area contributed by atoms with Crippen LogP contribution in [0.3, 0.4) is 0 Å². The zero-order chi connectivity index (χ0) is 16.1. The SMILES string of the molecule is CCOc1ccccc1C1NC(=O)NC(CCl)=C1C(=O)OC. The summed E-state index contributed by atoms with van der Waals surface area (Å²) in [7, 11) is 1.28. The maximum Gasteiger partial charge on any atom is 0.338 e. The Morgan fingerprint density at radius 3 is 2.73 bits per heavy atom. The number of ether oxygens (including phenoxy) is 2. The van der Waals surface area contributed by atoms with Crippen LogP contribution < -0.4 is 15.4 Å². The minimum atomic E-state index is -0.683. The minimum absolute atomic E-state index is 0.00877. The molecule has 1 aromatic rings. The zero-order valence-corrected chi connectivity index (χ0v) is 13.1. The van der Waals surface area contributed by atoms with Gasteiger partial charge in [-0.15, -0.1) is 11.6 Å². The molecule has 0 spiro atoms. The quantitative estimate of drug-likeness (QED) is 0.642. The largest absolute Gasteiger partial charge is 0.494 e. The van der Waals surface area contributed by atoms with Gasteiger partial charge in [0.2, 0.25) is 0 Å². The molecule has 2 amide bonds. The molecule has 1 heterocycles. The van der Waals surface area contributed by atoms with E-state index in [0.717, 1.165) is 0 Å². The van der Waals surface area contributed by atoms with E-state index >= 15 is 0 Å². The third-order valence-corrected chi connectivity index (χ3v) is 3.49. The van der Waals surface area contributed by atoms with Gasteiger partial charge in [0.15, 0.2) is 0 Å². The predicted octanol–water partition coefficient (Wildman–Crippen LogP) is 2.11. The topological polar surface area (TPSA) is 76.7 Å². The molecule has 0 aromatic heterocycles. The molecule has 0 fully saturated rings. The van der Waals surface area contributed by atoms with Gasteiger partial charge in [-0.2, -0.15) is 0 Å². The van der Waals surface area contributed by atoms with E-state index in [0.29, 0.717) is 23.6 Å². The van der Waals surface area contributed by atoms with Crippen LogP contribution in [0.2, 0.25) is 0 Å². The highest BCUT2D eigenvalue weighted by Crippen LogP contribution is 2.33. The number of esters is 1. The molecule has 0 aliphatic carbocycles. The van der Waals surface area contributed by atoms with Gasteiger partial charge in [-0.1, -0.05) is 18.2 Å². The molecule has 2 N–H and O–H groups in total. The lowest BCUT2D eigenvalue weighted by Crippen LogP contribution is -2.46. The van der Waals surface area contributed by atoms with Crippen LogP contribution in [-0.2, 0) is 9.53 Å². The van der Waals surface area contributed by atoms with E-state index in [1.807, 2.05) is 13.0 Å². The lowest BCUT2D eigenvalue weighted by Gasteiger charge is -2.29. The molecule has 118 valence electrons. The second kappa shape index (κ2) is 7.17. The normalized spacial score (nSPS) is 17.6. The van der Waals surface area contributed by atoms with Crippen molar-refractivity contribution in [3.05, 3.63) is 41.1 Å². The van der Waals surface area contributed by atoms with Crippen LogP contribution in [0.5, 0.6) is 5.75 Å². The molecule has 1 aromatic carbocycles. The summed E-state index contributed by atoms with van der Waals surface area (Å²) in [4.78, 5) is 24.0. The average Bonchev–Trinajstić information content (AvgIpc) is 2.54. The Kier molecular flexibility index (Phi) is 5.27. The first kappa shape index (κ1) is 16.2. The van der Waals surface area contributed by atoms with Crippen molar-refractivity contribution < 1.29 is 19.1 Å². The van der Waals surface area contributed by atoms with Gasteiger partial charge in [-0.3, -0.25) is 0 Å². The average molecular weight is 325 g/mol. The Balaban J connectivity index is 2.55. The van der Waals surface area contributed by atoms with Gasteiger partial charge < -0.3 is 20.1 Å². The Hall–Kier alpha value is -2.21. The molecule has 1 atom stereocenters. The van der Waals surface area contributed by atoms with Crippen LogP contribution in [0.1, 0.15) is 18.5 Å². The van der Waals surface area contributed by atoms with Gasteiger partial charge >= 0.3 is 12.0 Å². The molecule has 1 aliphatic heterocycles. The fraction of sp³-hybridized carbons (Fsp3) is 0.333. The molecular weight excluding hydrogens is 308 g/mol.